The summed E-state index contributed by atoms with van der Waals surface area (Å²) in [5.74, 6) is -0.123. The molecule has 0 radical (unpaired) electrons. The summed E-state index contributed by atoms with van der Waals surface area (Å²) in [6, 6.07) is 2.87. The van der Waals surface area contributed by atoms with Gasteiger partial charge in [0, 0.05) is 18.8 Å². The van der Waals surface area contributed by atoms with Crippen molar-refractivity contribution in [1.29, 1.82) is 0 Å². The predicted molar refractivity (Wildman–Crippen MR) is 87.0 cm³/mol. The van der Waals surface area contributed by atoms with Crippen LogP contribution in [0.15, 0.2) is 23.4 Å². The Balaban J connectivity index is 2.11. The number of ether oxygens (including phenoxy) is 1. The Kier molecular flexibility index (Phi) is 4.98. The second-order valence-electron chi connectivity index (χ2n) is 6.92. The number of hydrogen-bond acceptors (Lipinski definition) is 5. The van der Waals surface area contributed by atoms with Gasteiger partial charge in [-0.2, -0.15) is 0 Å². The molecule has 0 N–H and O–H groups in total. The molecular formula is C16H24N2O4S. The molecule has 1 aromatic rings. The molecule has 1 aliphatic rings. The number of rotatable bonds is 3. The number of aryl methyl sites for hydroxylation is 1. The first-order valence-corrected chi connectivity index (χ1v) is 9.39. The Bertz CT molecular complexity index is 662. The number of likely N-dealkylation sites (tertiary alicyclic amines) is 1. The van der Waals surface area contributed by atoms with Gasteiger partial charge in [0.15, 0.2) is 14.9 Å². The molecule has 1 aliphatic heterocycles. The van der Waals surface area contributed by atoms with Crippen LogP contribution in [0.1, 0.15) is 39.2 Å². The summed E-state index contributed by atoms with van der Waals surface area (Å²) in [6.07, 6.45) is 2.52. The van der Waals surface area contributed by atoms with Gasteiger partial charge in [-0.25, -0.2) is 18.2 Å². The Morgan fingerprint density at radius 1 is 1.39 bits per heavy atom. The molecule has 1 amide bonds. The first kappa shape index (κ1) is 17.7. The fraction of sp³-hybridized carbons (Fsp3) is 0.625. The molecule has 0 aliphatic carbocycles. The van der Waals surface area contributed by atoms with Crippen LogP contribution in [-0.2, 0) is 14.6 Å². The fourth-order valence-corrected chi connectivity index (χ4v) is 4.06. The van der Waals surface area contributed by atoms with E-state index in [-0.39, 0.29) is 16.8 Å². The molecule has 0 bridgehead atoms. The third kappa shape index (κ3) is 4.67. The van der Waals surface area contributed by atoms with E-state index >= 15 is 0 Å². The summed E-state index contributed by atoms with van der Waals surface area (Å²) in [6.45, 7) is 7.76. The highest BCUT2D eigenvalue weighted by molar-refractivity contribution is 7.91. The van der Waals surface area contributed by atoms with Crippen molar-refractivity contribution in [2.75, 3.05) is 12.3 Å². The van der Waals surface area contributed by atoms with Gasteiger partial charge in [0.05, 0.1) is 5.75 Å². The summed E-state index contributed by atoms with van der Waals surface area (Å²) in [5.41, 5.74) is 0.307. The van der Waals surface area contributed by atoms with E-state index in [0.717, 1.165) is 12.0 Å². The standard InChI is InChI=1S/C16H24N2O4S/c1-12-7-8-14(17-10-12)23(20,21)11-13-6-5-9-18(13)15(19)22-16(2,3)4/h7-8,10,13H,5-6,9,11H2,1-4H3/t13-/m0/s1. The van der Waals surface area contributed by atoms with Crippen LogP contribution in [0.2, 0.25) is 0 Å². The molecule has 2 rings (SSSR count). The number of carbonyl (C=O) groups is 1. The van der Waals surface area contributed by atoms with Crippen molar-refractivity contribution < 1.29 is 17.9 Å². The number of sulfone groups is 1. The number of amides is 1. The Labute approximate surface area is 137 Å². The lowest BCUT2D eigenvalue weighted by Gasteiger charge is -2.28. The minimum absolute atomic E-state index is 0.0548. The maximum Gasteiger partial charge on any atom is 0.410 e. The molecule has 1 aromatic heterocycles. The van der Waals surface area contributed by atoms with Gasteiger partial charge in [-0.1, -0.05) is 6.07 Å². The Morgan fingerprint density at radius 2 is 2.09 bits per heavy atom. The van der Waals surface area contributed by atoms with Crippen LogP contribution < -0.4 is 0 Å². The zero-order chi connectivity index (χ0) is 17.3. The monoisotopic (exact) mass is 340 g/mol. The van der Waals surface area contributed by atoms with Gasteiger partial charge in [-0.3, -0.25) is 0 Å². The third-order valence-corrected chi connectivity index (χ3v) is 5.32. The molecule has 1 saturated heterocycles. The molecule has 23 heavy (non-hydrogen) atoms. The summed E-state index contributed by atoms with van der Waals surface area (Å²) in [7, 11) is -3.53. The second kappa shape index (κ2) is 6.47. The summed E-state index contributed by atoms with van der Waals surface area (Å²) < 4.78 is 30.4. The number of aromatic nitrogens is 1. The summed E-state index contributed by atoms with van der Waals surface area (Å²) >= 11 is 0. The number of hydrogen-bond donors (Lipinski definition) is 0. The molecule has 2 heterocycles. The lowest BCUT2D eigenvalue weighted by molar-refractivity contribution is 0.0241. The van der Waals surface area contributed by atoms with Crippen LogP contribution in [0, 0.1) is 6.92 Å². The van der Waals surface area contributed by atoms with Gasteiger partial charge in [0.25, 0.3) is 0 Å². The van der Waals surface area contributed by atoms with Crippen LogP contribution in [0.25, 0.3) is 0 Å². The van der Waals surface area contributed by atoms with Crippen molar-refractivity contribution in [2.24, 2.45) is 0 Å². The summed E-state index contributed by atoms with van der Waals surface area (Å²) in [5, 5.41) is 0.0548. The van der Waals surface area contributed by atoms with Gasteiger partial charge in [0.2, 0.25) is 0 Å². The molecule has 1 atom stereocenters. The highest BCUT2D eigenvalue weighted by atomic mass is 32.2. The average molecular weight is 340 g/mol. The van der Waals surface area contributed by atoms with Crippen molar-refractivity contribution in [3.63, 3.8) is 0 Å². The molecule has 0 aromatic carbocycles. The average Bonchev–Trinajstić information content (AvgIpc) is 2.84. The molecular weight excluding hydrogens is 316 g/mol. The van der Waals surface area contributed by atoms with E-state index < -0.39 is 21.5 Å². The smallest absolute Gasteiger partial charge is 0.410 e. The van der Waals surface area contributed by atoms with Gasteiger partial charge in [-0.05, 0) is 52.2 Å². The largest absolute Gasteiger partial charge is 0.444 e. The van der Waals surface area contributed by atoms with Crippen LogP contribution >= 0.6 is 0 Å². The van der Waals surface area contributed by atoms with E-state index in [9.17, 15) is 13.2 Å². The Morgan fingerprint density at radius 3 is 2.65 bits per heavy atom. The van der Waals surface area contributed by atoms with Crippen LogP contribution in [0.4, 0.5) is 4.79 Å². The topological polar surface area (TPSA) is 76.6 Å². The van der Waals surface area contributed by atoms with Crippen molar-refractivity contribution in [2.45, 2.75) is 57.2 Å². The first-order chi connectivity index (χ1) is 10.6. The number of pyridine rings is 1. The van der Waals surface area contributed by atoms with Crippen molar-refractivity contribution in [3.05, 3.63) is 23.9 Å². The van der Waals surface area contributed by atoms with Gasteiger partial charge in [-0.15, -0.1) is 0 Å². The van der Waals surface area contributed by atoms with E-state index in [1.54, 1.807) is 26.8 Å². The predicted octanol–water partition coefficient (Wildman–Crippen LogP) is 2.56. The first-order valence-electron chi connectivity index (χ1n) is 7.73. The molecule has 0 spiro atoms. The highest BCUT2D eigenvalue weighted by Crippen LogP contribution is 2.23. The van der Waals surface area contributed by atoms with Crippen molar-refractivity contribution >= 4 is 15.9 Å². The van der Waals surface area contributed by atoms with Crippen molar-refractivity contribution in [3.8, 4) is 0 Å². The lowest BCUT2D eigenvalue weighted by Crippen LogP contribution is -2.42. The van der Waals surface area contributed by atoms with Gasteiger partial charge in [0.1, 0.15) is 5.60 Å². The molecule has 0 saturated carbocycles. The van der Waals surface area contributed by atoms with E-state index in [1.165, 1.54) is 17.2 Å². The maximum atomic E-state index is 12.5. The fourth-order valence-electron chi connectivity index (χ4n) is 2.55. The third-order valence-electron chi connectivity index (χ3n) is 3.62. The molecule has 7 heteroatoms. The zero-order valence-corrected chi connectivity index (χ0v) is 14.9. The lowest BCUT2D eigenvalue weighted by atomic mass is 10.2. The normalized spacial score (nSPS) is 19.0. The van der Waals surface area contributed by atoms with E-state index in [1.807, 2.05) is 6.92 Å². The Hall–Kier alpha value is -1.63. The number of nitrogens with zero attached hydrogens (tertiary/aromatic N) is 2. The van der Waals surface area contributed by atoms with E-state index in [4.69, 9.17) is 4.74 Å². The van der Waals surface area contributed by atoms with E-state index in [0.29, 0.717) is 13.0 Å². The molecule has 128 valence electrons. The van der Waals surface area contributed by atoms with Crippen molar-refractivity contribution in [1.82, 2.24) is 9.88 Å². The number of carbonyl (C=O) groups excluding carboxylic acids is 1. The molecule has 0 unspecified atom stereocenters. The minimum Gasteiger partial charge on any atom is -0.444 e. The highest BCUT2D eigenvalue weighted by Gasteiger charge is 2.35. The summed E-state index contributed by atoms with van der Waals surface area (Å²) in [4.78, 5) is 17.8. The second-order valence-corrected chi connectivity index (χ2v) is 8.91. The van der Waals surface area contributed by atoms with E-state index in [2.05, 4.69) is 4.98 Å². The minimum atomic E-state index is -3.53. The SMILES string of the molecule is Cc1ccc(S(=O)(=O)C[C@@H]2CCCN2C(=O)OC(C)(C)C)nc1. The molecule has 6 nitrogen and oxygen atoms in total. The van der Waals surface area contributed by atoms with Gasteiger partial charge >= 0.3 is 6.09 Å². The van der Waals surface area contributed by atoms with Crippen LogP contribution in [-0.4, -0.2) is 48.3 Å². The van der Waals surface area contributed by atoms with Crippen LogP contribution in [0.3, 0.4) is 0 Å². The quantitative estimate of drug-likeness (QED) is 0.845. The van der Waals surface area contributed by atoms with Crippen LogP contribution in [0.5, 0.6) is 0 Å². The van der Waals surface area contributed by atoms with Gasteiger partial charge < -0.3 is 9.64 Å². The maximum absolute atomic E-state index is 12.5. The zero-order valence-electron chi connectivity index (χ0n) is 14.1. The molecule has 1 fully saturated rings.